The number of hydrogen-bond acceptors (Lipinski definition) is 3. The molecule has 0 saturated heterocycles. The van der Waals surface area contributed by atoms with Gasteiger partial charge in [-0.15, -0.1) is 0 Å². The monoisotopic (exact) mass is 375 g/mol. The van der Waals surface area contributed by atoms with Crippen molar-refractivity contribution >= 4 is 16.9 Å². The molecule has 142 valence electrons. The van der Waals surface area contributed by atoms with Gasteiger partial charge in [0, 0.05) is 35.2 Å². The van der Waals surface area contributed by atoms with Crippen LogP contribution in [0.4, 0.5) is 0 Å². The number of nitrogens with one attached hydrogen (secondary N) is 1. The summed E-state index contributed by atoms with van der Waals surface area (Å²) >= 11 is 0. The molecule has 0 bridgehead atoms. The maximum atomic E-state index is 12.0. The molecule has 6 heteroatoms. The van der Waals surface area contributed by atoms with Gasteiger partial charge in [0.15, 0.2) is 0 Å². The van der Waals surface area contributed by atoms with Crippen LogP contribution in [-0.2, 0) is 6.54 Å². The van der Waals surface area contributed by atoms with Gasteiger partial charge in [0.1, 0.15) is 5.69 Å². The molecule has 0 amide bonds. The molecule has 0 unspecified atom stereocenters. The second-order valence-electron chi connectivity index (χ2n) is 6.81. The molecule has 4 rings (SSSR count). The normalized spacial score (nSPS) is 11.2. The first-order valence-corrected chi connectivity index (χ1v) is 9.17. The van der Waals surface area contributed by atoms with Gasteiger partial charge >= 0.3 is 5.97 Å². The molecule has 0 aliphatic carbocycles. The summed E-state index contributed by atoms with van der Waals surface area (Å²) in [6.45, 7) is 2.58. The molecule has 0 fully saturated rings. The number of H-pyrrole nitrogens is 1. The van der Waals surface area contributed by atoms with Crippen molar-refractivity contribution in [3.63, 3.8) is 0 Å². The van der Waals surface area contributed by atoms with Crippen molar-refractivity contribution in [1.82, 2.24) is 14.5 Å². The maximum absolute atomic E-state index is 12.0. The van der Waals surface area contributed by atoms with E-state index >= 15 is 0 Å². The number of carboxylic acids is 1. The fourth-order valence-electron chi connectivity index (χ4n) is 3.57. The van der Waals surface area contributed by atoms with Crippen molar-refractivity contribution in [2.45, 2.75) is 19.9 Å². The number of hydrogen-bond donors (Lipinski definition) is 3. The lowest BCUT2D eigenvalue weighted by molar-refractivity contribution is 0.0692. The lowest BCUT2D eigenvalue weighted by Gasteiger charge is -2.11. The van der Waals surface area contributed by atoms with E-state index in [1.807, 2.05) is 60.0 Å². The number of rotatable bonds is 6. The number of imidazole rings is 1. The van der Waals surface area contributed by atoms with E-state index in [1.165, 1.54) is 0 Å². The lowest BCUT2D eigenvalue weighted by Crippen LogP contribution is -2.05. The van der Waals surface area contributed by atoms with Gasteiger partial charge in [-0.1, -0.05) is 42.0 Å². The summed E-state index contributed by atoms with van der Waals surface area (Å²) in [6, 6.07) is 15.6. The zero-order valence-corrected chi connectivity index (χ0v) is 15.5. The van der Waals surface area contributed by atoms with Crippen LogP contribution in [0, 0.1) is 6.92 Å². The van der Waals surface area contributed by atoms with Crippen LogP contribution < -0.4 is 0 Å². The highest BCUT2D eigenvalue weighted by atomic mass is 16.4. The number of fused-ring (bicyclic) bond motifs is 1. The summed E-state index contributed by atoms with van der Waals surface area (Å²) in [6.07, 6.45) is 2.27. The van der Waals surface area contributed by atoms with Crippen molar-refractivity contribution in [3.05, 3.63) is 66.1 Å². The molecule has 0 saturated carbocycles. The zero-order chi connectivity index (χ0) is 19.7. The number of aryl methyl sites for hydroxylation is 2. The molecule has 6 nitrogen and oxygen atoms in total. The number of aliphatic hydroxyl groups excluding tert-OH is 1. The standard InChI is InChI=1S/C22H21N3O3/c1-14-8-9-17-16(12-14)18(20(24-17)22(27)28)21-19(15-6-3-2-4-7-15)23-13-25(21)10-5-11-26/h2-4,6-9,12-13,24,26H,5,10-11H2,1H3,(H,27,28). The van der Waals surface area contributed by atoms with Gasteiger partial charge in [-0.05, 0) is 25.5 Å². The minimum atomic E-state index is -1.02. The predicted molar refractivity (Wildman–Crippen MR) is 108 cm³/mol. The molecule has 4 aromatic rings. The van der Waals surface area contributed by atoms with Gasteiger partial charge in [0.05, 0.1) is 17.7 Å². The van der Waals surface area contributed by atoms with E-state index < -0.39 is 5.97 Å². The quantitative estimate of drug-likeness (QED) is 0.473. The summed E-state index contributed by atoms with van der Waals surface area (Å²) < 4.78 is 1.93. The Labute approximate surface area is 162 Å². The summed E-state index contributed by atoms with van der Waals surface area (Å²) in [4.78, 5) is 19.7. The van der Waals surface area contributed by atoms with Crippen molar-refractivity contribution in [1.29, 1.82) is 0 Å². The number of benzene rings is 2. The third kappa shape index (κ3) is 3.08. The van der Waals surface area contributed by atoms with E-state index in [0.717, 1.165) is 33.4 Å². The van der Waals surface area contributed by atoms with Gasteiger partial charge in [-0.2, -0.15) is 0 Å². The van der Waals surface area contributed by atoms with Crippen LogP contribution in [0.2, 0.25) is 0 Å². The van der Waals surface area contributed by atoms with Crippen LogP contribution in [0.15, 0.2) is 54.9 Å². The summed E-state index contributed by atoms with van der Waals surface area (Å²) in [7, 11) is 0. The van der Waals surface area contributed by atoms with Crippen molar-refractivity contribution in [2.75, 3.05) is 6.61 Å². The third-order valence-corrected chi connectivity index (χ3v) is 4.85. The molecule has 0 aliphatic rings. The Balaban J connectivity index is 2.05. The van der Waals surface area contributed by atoms with Gasteiger partial charge in [0.2, 0.25) is 0 Å². The number of nitrogens with zero attached hydrogens (tertiary/aromatic N) is 2. The zero-order valence-electron chi connectivity index (χ0n) is 15.5. The van der Waals surface area contributed by atoms with E-state index in [9.17, 15) is 15.0 Å². The van der Waals surface area contributed by atoms with Crippen molar-refractivity contribution in [3.8, 4) is 22.5 Å². The predicted octanol–water partition coefficient (Wildman–Crippen LogP) is 4.09. The van der Waals surface area contributed by atoms with Crippen LogP contribution >= 0.6 is 0 Å². The van der Waals surface area contributed by atoms with Gasteiger partial charge in [-0.25, -0.2) is 9.78 Å². The fourth-order valence-corrected chi connectivity index (χ4v) is 3.57. The van der Waals surface area contributed by atoms with Crippen LogP contribution in [-0.4, -0.2) is 37.3 Å². The molecule has 0 atom stereocenters. The second kappa shape index (κ2) is 7.32. The van der Waals surface area contributed by atoms with E-state index in [0.29, 0.717) is 18.5 Å². The Kier molecular flexibility index (Phi) is 4.71. The van der Waals surface area contributed by atoms with Gasteiger partial charge in [0.25, 0.3) is 0 Å². The number of aromatic carboxylic acids is 1. The SMILES string of the molecule is Cc1ccc2[nH]c(C(=O)O)c(-c3c(-c4ccccc4)ncn3CCCO)c2c1. The second-order valence-corrected chi connectivity index (χ2v) is 6.81. The lowest BCUT2D eigenvalue weighted by atomic mass is 10.0. The van der Waals surface area contributed by atoms with E-state index in [-0.39, 0.29) is 12.3 Å². The third-order valence-electron chi connectivity index (χ3n) is 4.85. The highest BCUT2D eigenvalue weighted by Gasteiger charge is 2.25. The fraction of sp³-hybridized carbons (Fsp3) is 0.182. The van der Waals surface area contributed by atoms with E-state index in [1.54, 1.807) is 6.33 Å². The molecule has 2 aromatic heterocycles. The largest absolute Gasteiger partial charge is 0.477 e. The molecule has 0 radical (unpaired) electrons. The number of carbonyl (C=O) groups is 1. The first-order chi connectivity index (χ1) is 13.6. The Bertz CT molecular complexity index is 1140. The topological polar surface area (TPSA) is 91.1 Å². The molecular weight excluding hydrogens is 354 g/mol. The van der Waals surface area contributed by atoms with Crippen molar-refractivity contribution in [2.24, 2.45) is 0 Å². The molecule has 0 aliphatic heterocycles. The van der Waals surface area contributed by atoms with Crippen molar-refractivity contribution < 1.29 is 15.0 Å². The average molecular weight is 375 g/mol. The van der Waals surface area contributed by atoms with Crippen LogP contribution in [0.3, 0.4) is 0 Å². The Morgan fingerprint density at radius 3 is 2.68 bits per heavy atom. The minimum Gasteiger partial charge on any atom is -0.477 e. The van der Waals surface area contributed by atoms with Gasteiger partial charge in [-0.3, -0.25) is 0 Å². The Morgan fingerprint density at radius 1 is 1.18 bits per heavy atom. The highest BCUT2D eigenvalue weighted by molar-refractivity contribution is 6.08. The number of carboxylic acid groups (broad SMARTS) is 1. The highest BCUT2D eigenvalue weighted by Crippen LogP contribution is 2.38. The molecule has 3 N–H and O–H groups in total. The average Bonchev–Trinajstić information content (AvgIpc) is 3.27. The Hall–Kier alpha value is -3.38. The first kappa shape index (κ1) is 18.0. The molecule has 2 aromatic carbocycles. The molecule has 0 spiro atoms. The van der Waals surface area contributed by atoms with Crippen LogP contribution in [0.5, 0.6) is 0 Å². The molecule has 2 heterocycles. The van der Waals surface area contributed by atoms with E-state index in [2.05, 4.69) is 9.97 Å². The number of aromatic amines is 1. The Morgan fingerprint density at radius 2 is 1.96 bits per heavy atom. The number of aliphatic hydroxyl groups is 1. The van der Waals surface area contributed by atoms with E-state index in [4.69, 9.17) is 0 Å². The summed E-state index contributed by atoms with van der Waals surface area (Å²) in [5, 5.41) is 20.0. The maximum Gasteiger partial charge on any atom is 0.353 e. The van der Waals surface area contributed by atoms with Gasteiger partial charge < -0.3 is 19.8 Å². The smallest absolute Gasteiger partial charge is 0.353 e. The summed E-state index contributed by atoms with van der Waals surface area (Å²) in [5.74, 6) is -1.02. The van der Waals surface area contributed by atoms with Crippen LogP contribution in [0.25, 0.3) is 33.4 Å². The van der Waals surface area contributed by atoms with Crippen LogP contribution in [0.1, 0.15) is 22.5 Å². The summed E-state index contributed by atoms with van der Waals surface area (Å²) in [5.41, 5.74) is 4.97. The molecular formula is C22H21N3O3. The minimum absolute atomic E-state index is 0.0526. The number of aromatic nitrogens is 3. The molecule has 28 heavy (non-hydrogen) atoms. The first-order valence-electron chi connectivity index (χ1n) is 9.17.